The second-order valence-corrected chi connectivity index (χ2v) is 7.84. The summed E-state index contributed by atoms with van der Waals surface area (Å²) in [6, 6.07) is 19.4. The molecule has 2 aromatic carbocycles. The number of nitrogens with one attached hydrogen (secondary N) is 2. The topological polar surface area (TPSA) is 41.9 Å². The molecular weight excluding hydrogens is 364 g/mol. The van der Waals surface area contributed by atoms with E-state index in [-0.39, 0.29) is 5.41 Å². The highest BCUT2D eigenvalue weighted by Gasteiger charge is 2.21. The van der Waals surface area contributed by atoms with Crippen LogP contribution in [0.5, 0.6) is 0 Å². The van der Waals surface area contributed by atoms with Crippen LogP contribution in [0, 0.1) is 0 Å². The summed E-state index contributed by atoms with van der Waals surface area (Å²) >= 11 is 11.4. The molecule has 0 aliphatic rings. The normalized spacial score (nSPS) is 11.2. The molecule has 0 radical (unpaired) electrons. The number of hydrogen-bond donors (Lipinski definition) is 2. The number of thiocarbonyl (C=S) groups is 1. The molecule has 0 atom stereocenters. The van der Waals surface area contributed by atoms with Gasteiger partial charge in [0.15, 0.2) is 5.11 Å². The van der Waals surface area contributed by atoms with Crippen molar-refractivity contribution in [2.45, 2.75) is 26.2 Å². The molecule has 1 aromatic heterocycles. The van der Waals surface area contributed by atoms with Gasteiger partial charge >= 0.3 is 0 Å². The van der Waals surface area contributed by atoms with E-state index in [0.29, 0.717) is 10.1 Å². The highest BCUT2D eigenvalue weighted by Crippen LogP contribution is 2.26. The molecule has 0 saturated carbocycles. The van der Waals surface area contributed by atoms with Gasteiger partial charge in [0.25, 0.3) is 0 Å². The first-order chi connectivity index (χ1) is 12.3. The Hall–Kier alpha value is -2.37. The number of halogens is 1. The van der Waals surface area contributed by atoms with Crippen molar-refractivity contribution in [2.24, 2.45) is 0 Å². The van der Waals surface area contributed by atoms with E-state index < -0.39 is 0 Å². The Morgan fingerprint density at radius 2 is 1.65 bits per heavy atom. The van der Waals surface area contributed by atoms with Crippen molar-refractivity contribution in [1.29, 1.82) is 0 Å². The summed E-state index contributed by atoms with van der Waals surface area (Å²) in [6.45, 7) is 6.41. The maximum absolute atomic E-state index is 5.92. The fourth-order valence-electron chi connectivity index (χ4n) is 2.41. The molecule has 6 heteroatoms. The van der Waals surface area contributed by atoms with Crippen molar-refractivity contribution < 1.29 is 0 Å². The van der Waals surface area contributed by atoms with Crippen LogP contribution in [0.15, 0.2) is 60.7 Å². The number of rotatable bonds is 3. The zero-order chi connectivity index (χ0) is 18.7. The summed E-state index contributed by atoms with van der Waals surface area (Å²) in [5, 5.41) is 12.4. The van der Waals surface area contributed by atoms with Crippen molar-refractivity contribution in [3.05, 3.63) is 71.4 Å². The van der Waals surface area contributed by atoms with Crippen LogP contribution < -0.4 is 10.6 Å². The Bertz CT molecular complexity index is 896. The highest BCUT2D eigenvalue weighted by atomic mass is 35.5. The van der Waals surface area contributed by atoms with E-state index in [1.54, 1.807) is 0 Å². The molecule has 0 unspecified atom stereocenters. The molecule has 134 valence electrons. The molecule has 0 aliphatic heterocycles. The molecule has 0 spiro atoms. The largest absolute Gasteiger partial charge is 0.332 e. The number of para-hydroxylation sites is 1. The van der Waals surface area contributed by atoms with Gasteiger partial charge in [0, 0.05) is 22.2 Å². The maximum atomic E-state index is 5.92. The van der Waals surface area contributed by atoms with Crippen LogP contribution in [-0.4, -0.2) is 14.9 Å². The molecule has 3 rings (SSSR count). The van der Waals surface area contributed by atoms with Crippen molar-refractivity contribution in [2.75, 3.05) is 10.6 Å². The Morgan fingerprint density at radius 1 is 1.00 bits per heavy atom. The van der Waals surface area contributed by atoms with Crippen LogP contribution in [0.1, 0.15) is 26.5 Å². The first-order valence-electron chi connectivity index (χ1n) is 8.32. The molecule has 0 aliphatic carbocycles. The van der Waals surface area contributed by atoms with E-state index in [2.05, 4.69) is 31.4 Å². The summed E-state index contributed by atoms with van der Waals surface area (Å²) in [6.07, 6.45) is 0. The smallest absolute Gasteiger partial charge is 0.176 e. The fourth-order valence-corrected chi connectivity index (χ4v) is 2.76. The molecule has 1 heterocycles. The van der Waals surface area contributed by atoms with E-state index in [9.17, 15) is 0 Å². The first-order valence-corrected chi connectivity index (χ1v) is 9.11. The number of benzene rings is 2. The minimum atomic E-state index is -0.0678. The van der Waals surface area contributed by atoms with Gasteiger partial charge in [-0.3, -0.25) is 0 Å². The van der Waals surface area contributed by atoms with Crippen LogP contribution in [0.4, 0.5) is 11.5 Å². The Labute approximate surface area is 164 Å². The Morgan fingerprint density at radius 3 is 2.27 bits per heavy atom. The van der Waals surface area contributed by atoms with Crippen LogP contribution in [0.3, 0.4) is 0 Å². The summed E-state index contributed by atoms with van der Waals surface area (Å²) in [5.74, 6) is 0.813. The van der Waals surface area contributed by atoms with Gasteiger partial charge in [0.1, 0.15) is 5.82 Å². The predicted molar refractivity (Wildman–Crippen MR) is 114 cm³/mol. The summed E-state index contributed by atoms with van der Waals surface area (Å²) in [4.78, 5) is 0. The third kappa shape index (κ3) is 4.42. The molecule has 0 saturated heterocycles. The van der Waals surface area contributed by atoms with Crippen molar-refractivity contribution in [1.82, 2.24) is 9.78 Å². The number of hydrogen-bond acceptors (Lipinski definition) is 2. The zero-order valence-corrected chi connectivity index (χ0v) is 16.5. The monoisotopic (exact) mass is 384 g/mol. The van der Waals surface area contributed by atoms with Crippen LogP contribution in [-0.2, 0) is 5.41 Å². The summed E-state index contributed by atoms with van der Waals surface area (Å²) < 4.78 is 1.87. The lowest BCUT2D eigenvalue weighted by Crippen LogP contribution is -2.20. The molecule has 0 amide bonds. The van der Waals surface area contributed by atoms with E-state index in [1.807, 2.05) is 65.3 Å². The van der Waals surface area contributed by atoms with Gasteiger partial charge in [-0.25, -0.2) is 4.68 Å². The Balaban J connectivity index is 1.87. The van der Waals surface area contributed by atoms with Gasteiger partial charge in [0.05, 0.1) is 11.4 Å². The van der Waals surface area contributed by atoms with Gasteiger partial charge in [0.2, 0.25) is 0 Å². The van der Waals surface area contributed by atoms with E-state index in [1.165, 1.54) is 0 Å². The first kappa shape index (κ1) is 18.4. The molecule has 4 nitrogen and oxygen atoms in total. The minimum Gasteiger partial charge on any atom is -0.332 e. The van der Waals surface area contributed by atoms with Crippen LogP contribution in [0.25, 0.3) is 5.69 Å². The quantitative estimate of drug-likeness (QED) is 0.574. The average molecular weight is 385 g/mol. The molecule has 2 N–H and O–H groups in total. The average Bonchev–Trinajstić information content (AvgIpc) is 3.02. The SMILES string of the molecule is CC(C)(C)c1cc(NC(=S)Nc2ccc(Cl)cc2)n(-c2ccccc2)n1. The Kier molecular flexibility index (Phi) is 5.30. The second-order valence-electron chi connectivity index (χ2n) is 7.00. The van der Waals surface area contributed by atoms with Gasteiger partial charge in [-0.2, -0.15) is 5.10 Å². The molecule has 0 bridgehead atoms. The van der Waals surface area contributed by atoms with Gasteiger partial charge in [-0.05, 0) is 48.6 Å². The molecule has 26 heavy (non-hydrogen) atoms. The van der Waals surface area contributed by atoms with Crippen molar-refractivity contribution in [3.8, 4) is 5.69 Å². The third-order valence-corrected chi connectivity index (χ3v) is 4.28. The van der Waals surface area contributed by atoms with Gasteiger partial charge in [-0.15, -0.1) is 0 Å². The predicted octanol–water partition coefficient (Wildman–Crippen LogP) is 5.63. The lowest BCUT2D eigenvalue weighted by atomic mass is 9.92. The number of aromatic nitrogens is 2. The van der Waals surface area contributed by atoms with Crippen molar-refractivity contribution in [3.63, 3.8) is 0 Å². The summed E-state index contributed by atoms with van der Waals surface area (Å²) in [7, 11) is 0. The van der Waals surface area contributed by atoms with Gasteiger partial charge in [-0.1, -0.05) is 50.6 Å². The number of anilines is 2. The lowest BCUT2D eigenvalue weighted by molar-refractivity contribution is 0.560. The molecular formula is C20H21ClN4S. The second kappa shape index (κ2) is 7.48. The minimum absolute atomic E-state index is 0.0678. The summed E-state index contributed by atoms with van der Waals surface area (Å²) in [5.41, 5.74) is 2.76. The maximum Gasteiger partial charge on any atom is 0.176 e. The van der Waals surface area contributed by atoms with Crippen LogP contribution >= 0.6 is 23.8 Å². The van der Waals surface area contributed by atoms with E-state index >= 15 is 0 Å². The zero-order valence-electron chi connectivity index (χ0n) is 15.0. The van der Waals surface area contributed by atoms with Gasteiger partial charge < -0.3 is 10.6 Å². The van der Waals surface area contributed by atoms with E-state index in [0.717, 1.165) is 22.9 Å². The number of nitrogens with zero attached hydrogens (tertiary/aromatic N) is 2. The third-order valence-electron chi connectivity index (χ3n) is 3.82. The molecule has 3 aromatic rings. The molecule has 0 fully saturated rings. The van der Waals surface area contributed by atoms with Crippen LogP contribution in [0.2, 0.25) is 5.02 Å². The lowest BCUT2D eigenvalue weighted by Gasteiger charge is -2.14. The fraction of sp³-hybridized carbons (Fsp3) is 0.200. The highest BCUT2D eigenvalue weighted by molar-refractivity contribution is 7.80. The van der Waals surface area contributed by atoms with E-state index in [4.69, 9.17) is 28.9 Å². The van der Waals surface area contributed by atoms with Crippen molar-refractivity contribution >= 4 is 40.4 Å². The standard InChI is InChI=1S/C20H21ClN4S/c1-20(2,3)17-13-18(25(24-17)16-7-5-4-6-8-16)23-19(26)22-15-11-9-14(21)10-12-15/h4-13H,1-3H3,(H2,22,23,26).